The van der Waals surface area contributed by atoms with Crippen molar-refractivity contribution < 1.29 is 21.1 Å². The number of para-hydroxylation sites is 2. The summed E-state index contributed by atoms with van der Waals surface area (Å²) in [5, 5.41) is 2.29. The molecule has 0 saturated heterocycles. The quantitative estimate of drug-likeness (QED) is 0.101. The maximum absolute atomic E-state index is 5.20. The number of rotatable bonds is 10. The minimum Gasteiger partial charge on any atom is -0.493 e. The van der Waals surface area contributed by atoms with E-state index in [1.54, 1.807) is 0 Å². The van der Waals surface area contributed by atoms with Crippen molar-refractivity contribution in [3.05, 3.63) is 269 Å². The second-order valence-electron chi connectivity index (χ2n) is 26.1. The van der Waals surface area contributed by atoms with E-state index in [1.807, 2.05) is 6.20 Å². The van der Waals surface area contributed by atoms with Crippen molar-refractivity contribution in [3.63, 3.8) is 0 Å². The molecular formula is C74H75N4Pt-3. The SMILES string of the molecule is CC(C)(C)c1cc(N2[CH-]N(c3cc(C(C)(C)C)cc(C(C)(C)C)c3)c3ccccc32)[c-]c(C(C)(C)c2[c-]c3c(cc2)c2cc(C(C)(c4ccccc4)c4ccccc4)ccc2n3-c2cc(C(C)(C)c3ccccc3)ccn2)c1.[Pt]. The van der Waals surface area contributed by atoms with Gasteiger partial charge in [0.2, 0.25) is 0 Å². The summed E-state index contributed by atoms with van der Waals surface area (Å²) in [6, 6.07) is 77.7. The Kier molecular flexibility index (Phi) is 14.2. The average Bonchev–Trinajstić information content (AvgIpc) is 4.21. The minimum atomic E-state index is -0.526. The Hall–Kier alpha value is -7.00. The fraction of sp³-hybridized carbons (Fsp3) is 0.270. The molecule has 0 atom stereocenters. The summed E-state index contributed by atoms with van der Waals surface area (Å²) in [5.74, 6) is 0.864. The van der Waals surface area contributed by atoms with E-state index in [-0.39, 0.29) is 42.7 Å². The van der Waals surface area contributed by atoms with E-state index in [0.717, 1.165) is 61.5 Å². The summed E-state index contributed by atoms with van der Waals surface area (Å²) in [5.41, 5.74) is 17.4. The van der Waals surface area contributed by atoms with E-state index in [4.69, 9.17) is 4.98 Å². The van der Waals surface area contributed by atoms with Gasteiger partial charge < -0.3 is 14.4 Å². The molecule has 0 bridgehead atoms. The predicted molar refractivity (Wildman–Crippen MR) is 329 cm³/mol. The second-order valence-corrected chi connectivity index (χ2v) is 26.1. The molecule has 4 nitrogen and oxygen atoms in total. The van der Waals surface area contributed by atoms with Gasteiger partial charge in [-0.1, -0.05) is 217 Å². The van der Waals surface area contributed by atoms with Crippen LogP contribution in [-0.4, -0.2) is 9.55 Å². The topological polar surface area (TPSA) is 24.3 Å². The number of hydrogen-bond donors (Lipinski definition) is 0. The maximum Gasteiger partial charge on any atom is 0.135 e. The molecule has 0 spiro atoms. The zero-order chi connectivity index (χ0) is 55.2. The van der Waals surface area contributed by atoms with Gasteiger partial charge >= 0.3 is 0 Å². The molecule has 0 radical (unpaired) electrons. The number of nitrogens with zero attached hydrogens (tertiary/aromatic N) is 4. The van der Waals surface area contributed by atoms with E-state index in [2.05, 4.69) is 318 Å². The zero-order valence-electron chi connectivity index (χ0n) is 48.7. The standard InChI is InChI=1S/C74H75N4.Pt/c1-69(2,3)56-40-57(70(4,5)6)43-60(42-56)76-49-77(66-33-25-24-32-65(66)76)61-44-58(71(7,8)9)41-59(45-61)73(12,13)53-34-36-62-63-46-55(74(14,51-28-20-16-21-29-51)52-30-22-17-23-31-52)35-37-64(63)78(67(62)47-53)68-48-54(38-39-75-68)72(10,11)50-26-18-15-19-27-50;/h15-44,46,48-49H,1-14H3;/q-3;. The predicted octanol–water partition coefficient (Wildman–Crippen LogP) is 19.1. The van der Waals surface area contributed by atoms with Gasteiger partial charge in [0.1, 0.15) is 5.82 Å². The number of benzene rings is 8. The van der Waals surface area contributed by atoms with Gasteiger partial charge in [-0.15, -0.1) is 23.8 Å². The smallest absolute Gasteiger partial charge is 0.135 e. The van der Waals surface area contributed by atoms with Crippen LogP contribution in [0.3, 0.4) is 0 Å². The summed E-state index contributed by atoms with van der Waals surface area (Å²) < 4.78 is 2.35. The van der Waals surface area contributed by atoms with Crippen LogP contribution < -0.4 is 9.80 Å². The van der Waals surface area contributed by atoms with Crippen molar-refractivity contribution in [2.45, 2.75) is 129 Å². The first-order valence-electron chi connectivity index (χ1n) is 27.9. The molecule has 11 rings (SSSR count). The molecule has 0 amide bonds. The van der Waals surface area contributed by atoms with Gasteiger partial charge in [0.25, 0.3) is 0 Å². The molecule has 0 saturated carbocycles. The largest absolute Gasteiger partial charge is 0.493 e. The Morgan fingerprint density at radius 1 is 0.392 bits per heavy atom. The van der Waals surface area contributed by atoms with E-state index in [1.165, 1.54) is 44.5 Å². The van der Waals surface area contributed by atoms with Crippen LogP contribution in [0, 0.1) is 18.8 Å². The minimum absolute atomic E-state index is 0. The average molecular weight is 1220 g/mol. The zero-order valence-corrected chi connectivity index (χ0v) is 50.9. The molecule has 0 aliphatic carbocycles. The third kappa shape index (κ3) is 9.98. The van der Waals surface area contributed by atoms with Crippen molar-refractivity contribution >= 4 is 44.6 Å². The van der Waals surface area contributed by atoms with Gasteiger partial charge in [-0.25, -0.2) is 4.98 Å². The molecule has 0 N–H and O–H groups in total. The maximum atomic E-state index is 5.20. The van der Waals surface area contributed by atoms with Crippen molar-refractivity contribution in [2.75, 3.05) is 9.80 Å². The molecule has 0 unspecified atom stereocenters. The summed E-state index contributed by atoms with van der Waals surface area (Å²) in [4.78, 5) is 9.93. The molecular weight excluding hydrogens is 1140 g/mol. The molecule has 1 aliphatic rings. The molecule has 10 aromatic rings. The third-order valence-electron chi connectivity index (χ3n) is 17.0. The van der Waals surface area contributed by atoms with Crippen LogP contribution in [-0.2, 0) is 53.6 Å². The molecule has 5 heteroatoms. The monoisotopic (exact) mass is 1210 g/mol. The number of aromatic nitrogens is 2. The van der Waals surface area contributed by atoms with Gasteiger partial charge in [-0.3, -0.25) is 0 Å². The van der Waals surface area contributed by atoms with Crippen LogP contribution >= 0.6 is 0 Å². The van der Waals surface area contributed by atoms with Gasteiger partial charge in [-0.2, -0.15) is 47.0 Å². The van der Waals surface area contributed by atoms with Crippen LogP contribution in [0.15, 0.2) is 194 Å². The number of anilines is 4. The summed E-state index contributed by atoms with van der Waals surface area (Å²) in [7, 11) is 0. The van der Waals surface area contributed by atoms with Crippen LogP contribution in [0.2, 0.25) is 0 Å². The first-order valence-corrected chi connectivity index (χ1v) is 27.9. The van der Waals surface area contributed by atoms with Gasteiger partial charge in [0, 0.05) is 60.7 Å². The van der Waals surface area contributed by atoms with Gasteiger partial charge in [-0.05, 0) is 115 Å². The van der Waals surface area contributed by atoms with E-state index < -0.39 is 10.8 Å². The fourth-order valence-electron chi connectivity index (χ4n) is 11.6. The van der Waals surface area contributed by atoms with Crippen molar-refractivity contribution in [3.8, 4) is 5.82 Å². The fourth-order valence-corrected chi connectivity index (χ4v) is 11.6. The number of pyridine rings is 1. The Balaban J connectivity index is 0.00000704. The van der Waals surface area contributed by atoms with E-state index in [0.29, 0.717) is 0 Å². The van der Waals surface area contributed by atoms with Crippen LogP contribution in [0.25, 0.3) is 27.6 Å². The Labute approximate surface area is 485 Å². The van der Waals surface area contributed by atoms with Crippen molar-refractivity contribution in [1.29, 1.82) is 0 Å². The molecule has 1 aliphatic heterocycles. The molecule has 0 fully saturated rings. The molecule has 79 heavy (non-hydrogen) atoms. The first-order chi connectivity index (χ1) is 36.9. The summed E-state index contributed by atoms with van der Waals surface area (Å²) in [6.45, 7) is 34.7. The Morgan fingerprint density at radius 3 is 1.49 bits per heavy atom. The van der Waals surface area contributed by atoms with E-state index in [9.17, 15) is 0 Å². The number of fused-ring (bicyclic) bond motifs is 4. The van der Waals surface area contributed by atoms with Crippen LogP contribution in [0.5, 0.6) is 0 Å². The Morgan fingerprint density at radius 2 is 0.924 bits per heavy atom. The molecule has 2 aromatic heterocycles. The van der Waals surface area contributed by atoms with Gasteiger partial charge in [0.15, 0.2) is 0 Å². The van der Waals surface area contributed by atoms with Crippen molar-refractivity contribution in [2.24, 2.45) is 0 Å². The Bertz CT molecular complexity index is 3770. The number of hydrogen-bond acceptors (Lipinski definition) is 3. The van der Waals surface area contributed by atoms with Crippen molar-refractivity contribution in [1.82, 2.24) is 9.55 Å². The first kappa shape index (κ1) is 55.3. The third-order valence-corrected chi connectivity index (χ3v) is 17.0. The summed E-state index contributed by atoms with van der Waals surface area (Å²) >= 11 is 0. The molecule has 3 heterocycles. The van der Waals surface area contributed by atoms with E-state index >= 15 is 0 Å². The summed E-state index contributed by atoms with van der Waals surface area (Å²) in [6.07, 6.45) is 1.98. The van der Waals surface area contributed by atoms with Crippen LogP contribution in [0.4, 0.5) is 22.7 Å². The second kappa shape index (κ2) is 20.3. The van der Waals surface area contributed by atoms with Crippen LogP contribution in [0.1, 0.15) is 153 Å². The van der Waals surface area contributed by atoms with Gasteiger partial charge in [0.05, 0.1) is 0 Å². The molecule has 8 aromatic carbocycles. The normalized spacial score (nSPS) is 13.5. The molecule has 404 valence electrons.